The van der Waals surface area contributed by atoms with E-state index in [1.165, 1.54) is 109 Å². The molecule has 0 aliphatic rings. The van der Waals surface area contributed by atoms with Gasteiger partial charge in [0.1, 0.15) is 13.2 Å². The lowest BCUT2D eigenvalue weighted by molar-refractivity contribution is -0.870. The summed E-state index contributed by atoms with van der Waals surface area (Å²) in [6, 6.07) is -0.882. The number of carbonyl (C=O) groups is 1. The second-order valence-corrected chi connectivity index (χ2v) is 19.2. The highest BCUT2D eigenvalue weighted by Crippen LogP contribution is 2.38. The third kappa shape index (κ3) is 45.8. The van der Waals surface area contributed by atoms with Crippen LogP contribution >= 0.6 is 7.82 Å². The van der Waals surface area contributed by atoms with Crippen LogP contribution in [0.5, 0.6) is 0 Å². The Morgan fingerprint density at radius 1 is 0.590 bits per heavy atom. The molecule has 3 unspecified atom stereocenters. The van der Waals surface area contributed by atoms with Crippen LogP contribution in [0.1, 0.15) is 200 Å². The van der Waals surface area contributed by atoms with Gasteiger partial charge in [0.2, 0.25) is 5.91 Å². The molecule has 0 rings (SSSR count). The molecular formula is C52H95N2O6P. The van der Waals surface area contributed by atoms with E-state index in [-0.39, 0.29) is 19.1 Å². The van der Waals surface area contributed by atoms with Crippen molar-refractivity contribution in [3.63, 3.8) is 0 Å². The molecule has 0 spiro atoms. The Labute approximate surface area is 376 Å². The topological polar surface area (TPSA) is 108 Å². The van der Waals surface area contributed by atoms with Gasteiger partial charge in [0, 0.05) is 6.42 Å². The number of rotatable bonds is 44. The summed E-state index contributed by atoms with van der Waals surface area (Å²) in [7, 11) is 1.25. The number of carbonyl (C=O) groups excluding carboxylic acids is 1. The van der Waals surface area contributed by atoms with E-state index in [0.29, 0.717) is 17.4 Å². The Bertz CT molecular complexity index is 1220. The quantitative estimate of drug-likeness (QED) is 0.0273. The Morgan fingerprint density at radius 2 is 1.00 bits per heavy atom. The molecule has 0 aromatic rings. The van der Waals surface area contributed by atoms with E-state index in [9.17, 15) is 19.4 Å². The van der Waals surface area contributed by atoms with Crippen LogP contribution in [-0.4, -0.2) is 68.5 Å². The van der Waals surface area contributed by atoms with Gasteiger partial charge in [-0.1, -0.05) is 209 Å². The molecule has 0 aromatic carbocycles. The minimum absolute atomic E-state index is 0.00339. The SMILES string of the molecule is CC/C=C\C/C=C\C/C=C\C/C=C\C/C=C\CCCCCCCCCCCCCCCCCCCCCC(=O)NC(COP(=O)([O-])OCC[N+](C)(C)C)C(O)/C=C/CCCC. The number of nitrogens with zero attached hydrogens (tertiary/aromatic N) is 1. The Kier molecular flexibility index (Phi) is 41.7. The van der Waals surface area contributed by atoms with Crippen LogP contribution in [-0.2, 0) is 18.4 Å². The summed E-state index contributed by atoms with van der Waals surface area (Å²) >= 11 is 0. The number of hydrogen-bond donors (Lipinski definition) is 2. The number of nitrogens with one attached hydrogen (secondary N) is 1. The van der Waals surface area contributed by atoms with Crippen molar-refractivity contribution in [2.24, 2.45) is 0 Å². The second kappa shape index (κ2) is 43.2. The van der Waals surface area contributed by atoms with E-state index in [2.05, 4.69) is 79.9 Å². The first-order valence-corrected chi connectivity index (χ1v) is 26.3. The number of likely N-dealkylation sites (N-methyl/N-ethyl adjacent to an activating group) is 1. The average Bonchev–Trinajstić information content (AvgIpc) is 3.21. The van der Waals surface area contributed by atoms with Gasteiger partial charge >= 0.3 is 0 Å². The number of quaternary nitrogens is 1. The predicted octanol–water partition coefficient (Wildman–Crippen LogP) is 13.7. The van der Waals surface area contributed by atoms with E-state index in [1.54, 1.807) is 6.08 Å². The van der Waals surface area contributed by atoms with Gasteiger partial charge in [-0.25, -0.2) is 0 Å². The van der Waals surface area contributed by atoms with Crippen molar-refractivity contribution in [1.82, 2.24) is 5.32 Å². The minimum Gasteiger partial charge on any atom is -0.756 e. The first-order valence-electron chi connectivity index (χ1n) is 24.8. The van der Waals surface area contributed by atoms with Gasteiger partial charge < -0.3 is 28.8 Å². The van der Waals surface area contributed by atoms with Crippen LogP contribution in [0.25, 0.3) is 0 Å². The Morgan fingerprint density at radius 3 is 1.44 bits per heavy atom. The van der Waals surface area contributed by atoms with Gasteiger partial charge in [-0.2, -0.15) is 0 Å². The van der Waals surface area contributed by atoms with Gasteiger partial charge in [0.15, 0.2) is 0 Å². The molecular weight excluding hydrogens is 780 g/mol. The Balaban J connectivity index is 3.77. The number of phosphoric ester groups is 1. The van der Waals surface area contributed by atoms with Gasteiger partial charge in [-0.05, 0) is 57.8 Å². The molecule has 0 aromatic heterocycles. The number of aliphatic hydroxyl groups is 1. The lowest BCUT2D eigenvalue weighted by Crippen LogP contribution is -2.45. The number of amides is 1. The van der Waals surface area contributed by atoms with Crippen molar-refractivity contribution >= 4 is 13.7 Å². The first kappa shape index (κ1) is 58.9. The highest BCUT2D eigenvalue weighted by atomic mass is 31.2. The average molecular weight is 875 g/mol. The van der Waals surface area contributed by atoms with Crippen molar-refractivity contribution in [3.8, 4) is 0 Å². The summed E-state index contributed by atoms with van der Waals surface area (Å²) in [6.45, 7) is 4.37. The molecule has 0 heterocycles. The maximum atomic E-state index is 12.7. The summed E-state index contributed by atoms with van der Waals surface area (Å²) in [4.78, 5) is 25.0. The summed E-state index contributed by atoms with van der Waals surface area (Å²) in [5.41, 5.74) is 0. The fourth-order valence-electron chi connectivity index (χ4n) is 6.75. The third-order valence-corrected chi connectivity index (χ3v) is 11.6. The largest absolute Gasteiger partial charge is 0.756 e. The standard InChI is InChI=1S/C52H95N2O6P/c1-6-8-10-12-13-14-15-16-17-18-19-20-21-22-23-24-25-26-27-28-29-30-31-32-33-34-35-36-37-38-39-40-41-42-44-46-52(56)53-50(51(55)45-43-11-9-7-2)49-60-61(57,58)59-48-47-54(3,4)5/h8,10,13-14,16-17,19-20,22-23,43,45,50-51,55H,6-7,9,11-12,15,18,21,24-42,44,46-49H2,1-5H3,(H-,53,56,57,58)/b10-8-,14-13-,17-16-,20-19-,23-22-,45-43+. The summed E-state index contributed by atoms with van der Waals surface area (Å²) in [6.07, 6.45) is 59.1. The molecule has 8 nitrogen and oxygen atoms in total. The van der Waals surface area contributed by atoms with Crippen molar-refractivity contribution < 1.29 is 32.9 Å². The van der Waals surface area contributed by atoms with Gasteiger partial charge in [0.25, 0.3) is 7.82 Å². The molecule has 1 amide bonds. The van der Waals surface area contributed by atoms with Crippen molar-refractivity contribution in [2.45, 2.75) is 212 Å². The Hall–Kier alpha value is -2.06. The third-order valence-electron chi connectivity index (χ3n) is 10.7. The smallest absolute Gasteiger partial charge is 0.268 e. The zero-order valence-electron chi connectivity index (χ0n) is 40.1. The summed E-state index contributed by atoms with van der Waals surface area (Å²) in [5.74, 6) is -0.208. The zero-order chi connectivity index (χ0) is 45.0. The fraction of sp³-hybridized carbons (Fsp3) is 0.750. The monoisotopic (exact) mass is 875 g/mol. The number of aliphatic hydroxyl groups excluding tert-OH is 1. The number of hydrogen-bond acceptors (Lipinski definition) is 6. The first-order chi connectivity index (χ1) is 29.5. The molecule has 0 aliphatic heterocycles. The van der Waals surface area contributed by atoms with Crippen molar-refractivity contribution in [3.05, 3.63) is 72.9 Å². The molecule has 0 saturated carbocycles. The highest BCUT2D eigenvalue weighted by Gasteiger charge is 2.23. The number of allylic oxidation sites excluding steroid dienone is 11. The van der Waals surface area contributed by atoms with E-state index in [1.807, 2.05) is 27.2 Å². The molecule has 2 N–H and O–H groups in total. The predicted molar refractivity (Wildman–Crippen MR) is 260 cm³/mol. The molecule has 0 aliphatic carbocycles. The highest BCUT2D eigenvalue weighted by molar-refractivity contribution is 7.45. The van der Waals surface area contributed by atoms with Crippen LogP contribution in [0.2, 0.25) is 0 Å². The molecule has 0 radical (unpaired) electrons. The van der Waals surface area contributed by atoms with E-state index in [0.717, 1.165) is 70.6 Å². The van der Waals surface area contributed by atoms with Gasteiger partial charge in [0.05, 0.1) is 39.9 Å². The second-order valence-electron chi connectivity index (χ2n) is 17.8. The molecule has 3 atom stereocenters. The maximum Gasteiger partial charge on any atom is 0.268 e. The molecule has 61 heavy (non-hydrogen) atoms. The van der Waals surface area contributed by atoms with E-state index in [4.69, 9.17) is 9.05 Å². The van der Waals surface area contributed by atoms with Crippen LogP contribution in [0.3, 0.4) is 0 Å². The van der Waals surface area contributed by atoms with Crippen molar-refractivity contribution in [2.75, 3.05) is 40.9 Å². The summed E-state index contributed by atoms with van der Waals surface area (Å²) < 4.78 is 23.0. The van der Waals surface area contributed by atoms with E-state index >= 15 is 0 Å². The lowest BCUT2D eigenvalue weighted by atomic mass is 10.0. The summed E-state index contributed by atoms with van der Waals surface area (Å²) in [5, 5.41) is 13.5. The normalized spacial score (nSPS) is 14.8. The maximum absolute atomic E-state index is 12.7. The molecule has 354 valence electrons. The molecule has 0 saturated heterocycles. The molecule has 0 bridgehead atoms. The number of unbranched alkanes of at least 4 members (excludes halogenated alkanes) is 21. The van der Waals surface area contributed by atoms with Crippen LogP contribution in [0.15, 0.2) is 72.9 Å². The van der Waals surface area contributed by atoms with Crippen molar-refractivity contribution in [1.29, 1.82) is 0 Å². The fourth-order valence-corrected chi connectivity index (χ4v) is 7.48. The zero-order valence-corrected chi connectivity index (χ0v) is 41.0. The minimum atomic E-state index is -4.57. The molecule has 9 heteroatoms. The molecule has 0 fully saturated rings. The van der Waals surface area contributed by atoms with Gasteiger partial charge in [-0.3, -0.25) is 9.36 Å². The lowest BCUT2D eigenvalue weighted by Gasteiger charge is -2.29. The van der Waals surface area contributed by atoms with Crippen LogP contribution < -0.4 is 10.2 Å². The van der Waals surface area contributed by atoms with Crippen LogP contribution in [0, 0.1) is 0 Å². The number of phosphoric acid groups is 1. The van der Waals surface area contributed by atoms with Gasteiger partial charge in [-0.15, -0.1) is 0 Å². The van der Waals surface area contributed by atoms with Crippen LogP contribution in [0.4, 0.5) is 0 Å². The van der Waals surface area contributed by atoms with E-state index < -0.39 is 20.0 Å².